The third-order valence-corrected chi connectivity index (χ3v) is 3.68. The van der Waals surface area contributed by atoms with E-state index >= 15 is 0 Å². The maximum absolute atomic E-state index is 11.4. The van der Waals surface area contributed by atoms with E-state index in [0.717, 1.165) is 24.3 Å². The molecule has 4 nitrogen and oxygen atoms in total. The molecule has 0 fully saturated rings. The van der Waals surface area contributed by atoms with Crippen LogP contribution in [0.4, 0.5) is 0 Å². The molecule has 0 aromatic heterocycles. The molecule has 0 saturated heterocycles. The zero-order chi connectivity index (χ0) is 14.8. The molecule has 110 valence electrons. The number of hydrogen-bond donors (Lipinski definition) is 2. The summed E-state index contributed by atoms with van der Waals surface area (Å²) in [5, 5.41) is 12.8. The molecule has 0 aliphatic carbocycles. The normalized spacial score (nSPS) is 23.8. The van der Waals surface area contributed by atoms with Gasteiger partial charge >= 0.3 is 5.97 Å². The first-order valence-electron chi connectivity index (χ1n) is 7.14. The third-order valence-electron chi connectivity index (χ3n) is 3.68. The number of carbonyl (C=O) groups is 1. The number of fused-ring (bicyclic) bond motifs is 1. The van der Waals surface area contributed by atoms with Crippen LogP contribution < -0.4 is 10.1 Å². The number of nitrogens with one attached hydrogen (secondary N) is 1. The number of aliphatic carboxylic acids is 1. The van der Waals surface area contributed by atoms with Crippen molar-refractivity contribution in [2.75, 3.05) is 6.54 Å². The monoisotopic (exact) mass is 277 g/mol. The average Bonchev–Trinajstić information content (AvgIpc) is 2.34. The number of carboxylic acid groups (broad SMARTS) is 1. The van der Waals surface area contributed by atoms with Gasteiger partial charge in [-0.25, -0.2) is 0 Å². The minimum Gasteiger partial charge on any atom is -0.487 e. The quantitative estimate of drug-likeness (QED) is 0.869. The minimum atomic E-state index is -0.791. The first-order valence-corrected chi connectivity index (χ1v) is 7.14. The second-order valence-corrected chi connectivity index (χ2v) is 6.11. The summed E-state index contributed by atoms with van der Waals surface area (Å²) in [7, 11) is 0. The molecular weight excluding hydrogens is 254 g/mol. The van der Waals surface area contributed by atoms with Crippen molar-refractivity contribution in [2.24, 2.45) is 0 Å². The van der Waals surface area contributed by atoms with Gasteiger partial charge in [0.2, 0.25) is 0 Å². The lowest BCUT2D eigenvalue weighted by Crippen LogP contribution is -2.53. The molecule has 0 saturated carbocycles. The lowest BCUT2D eigenvalue weighted by atomic mass is 9.75. The van der Waals surface area contributed by atoms with Crippen molar-refractivity contribution >= 4 is 5.97 Å². The molecule has 1 aliphatic rings. The van der Waals surface area contributed by atoms with E-state index in [2.05, 4.69) is 12.2 Å². The summed E-state index contributed by atoms with van der Waals surface area (Å²) in [6.45, 7) is 6.88. The summed E-state index contributed by atoms with van der Waals surface area (Å²) in [6.07, 6.45) is 1.67. The van der Waals surface area contributed by atoms with E-state index in [1.807, 2.05) is 38.1 Å². The van der Waals surface area contributed by atoms with Gasteiger partial charge in [0.15, 0.2) is 0 Å². The van der Waals surface area contributed by atoms with Crippen LogP contribution in [0.1, 0.15) is 45.6 Å². The molecule has 1 aliphatic heterocycles. The topological polar surface area (TPSA) is 58.6 Å². The Morgan fingerprint density at radius 2 is 2.10 bits per heavy atom. The Morgan fingerprint density at radius 3 is 2.75 bits per heavy atom. The van der Waals surface area contributed by atoms with E-state index < -0.39 is 11.5 Å². The van der Waals surface area contributed by atoms with Crippen molar-refractivity contribution in [3.8, 4) is 5.75 Å². The van der Waals surface area contributed by atoms with Crippen LogP contribution >= 0.6 is 0 Å². The zero-order valence-corrected chi connectivity index (χ0v) is 12.4. The summed E-state index contributed by atoms with van der Waals surface area (Å²) < 4.78 is 6.00. The minimum absolute atomic E-state index is 0.0663. The van der Waals surface area contributed by atoms with Crippen LogP contribution in [0, 0.1) is 0 Å². The predicted molar refractivity (Wildman–Crippen MR) is 78.0 cm³/mol. The van der Waals surface area contributed by atoms with Gasteiger partial charge in [0.1, 0.15) is 11.4 Å². The second-order valence-electron chi connectivity index (χ2n) is 6.11. The zero-order valence-electron chi connectivity index (χ0n) is 12.4. The first kappa shape index (κ1) is 14.9. The fraction of sp³-hybridized carbons (Fsp3) is 0.562. The molecule has 0 amide bonds. The highest BCUT2D eigenvalue weighted by Gasteiger charge is 2.45. The molecule has 1 unspecified atom stereocenters. The van der Waals surface area contributed by atoms with E-state index in [4.69, 9.17) is 4.74 Å². The molecule has 1 aromatic carbocycles. The van der Waals surface area contributed by atoms with Crippen molar-refractivity contribution in [2.45, 2.75) is 51.2 Å². The molecule has 1 atom stereocenters. The van der Waals surface area contributed by atoms with Gasteiger partial charge in [-0.05, 0) is 32.9 Å². The van der Waals surface area contributed by atoms with Crippen molar-refractivity contribution in [3.05, 3.63) is 29.8 Å². The molecule has 1 heterocycles. The number of hydrogen-bond acceptors (Lipinski definition) is 3. The van der Waals surface area contributed by atoms with Gasteiger partial charge in [-0.1, -0.05) is 25.1 Å². The molecule has 2 rings (SSSR count). The largest absolute Gasteiger partial charge is 0.487 e. The Bertz CT molecular complexity index is 498. The summed E-state index contributed by atoms with van der Waals surface area (Å²) in [5.74, 6) is -0.00490. The van der Waals surface area contributed by atoms with Crippen molar-refractivity contribution in [1.82, 2.24) is 5.32 Å². The Labute approximate surface area is 120 Å². The molecule has 1 aromatic rings. The van der Waals surface area contributed by atoms with Crippen LogP contribution in [0.3, 0.4) is 0 Å². The molecule has 0 radical (unpaired) electrons. The van der Waals surface area contributed by atoms with Gasteiger partial charge in [0.05, 0.1) is 12.0 Å². The standard InChI is InChI=1S/C16H23NO3/c1-4-9-17-16(10-14(18)19)11-15(2,3)20-13-8-6-5-7-12(13)16/h5-8,17H,4,9-11H2,1-3H3,(H,18,19). The average molecular weight is 277 g/mol. The fourth-order valence-electron chi connectivity index (χ4n) is 3.11. The number of para-hydroxylation sites is 1. The number of ether oxygens (including phenoxy) is 1. The fourth-order valence-corrected chi connectivity index (χ4v) is 3.11. The summed E-state index contributed by atoms with van der Waals surface area (Å²) in [6, 6.07) is 7.74. The molecular formula is C16H23NO3. The highest BCUT2D eigenvalue weighted by Crippen LogP contribution is 2.45. The summed E-state index contributed by atoms with van der Waals surface area (Å²) in [5.41, 5.74) is 0.0141. The van der Waals surface area contributed by atoms with Crippen LogP contribution in [0.15, 0.2) is 24.3 Å². The van der Waals surface area contributed by atoms with E-state index in [1.165, 1.54) is 0 Å². The molecule has 0 bridgehead atoms. The van der Waals surface area contributed by atoms with Crippen LogP contribution in [0.2, 0.25) is 0 Å². The van der Waals surface area contributed by atoms with E-state index in [9.17, 15) is 9.90 Å². The smallest absolute Gasteiger partial charge is 0.305 e. The lowest BCUT2D eigenvalue weighted by Gasteiger charge is -2.46. The van der Waals surface area contributed by atoms with E-state index in [0.29, 0.717) is 6.42 Å². The van der Waals surface area contributed by atoms with Gasteiger partial charge in [-0.15, -0.1) is 0 Å². The Kier molecular flexibility index (Phi) is 4.04. The number of rotatable bonds is 5. The van der Waals surface area contributed by atoms with Gasteiger partial charge in [-0.2, -0.15) is 0 Å². The predicted octanol–water partition coefficient (Wildman–Crippen LogP) is 2.92. The van der Waals surface area contributed by atoms with Gasteiger partial charge in [0, 0.05) is 12.0 Å². The Morgan fingerprint density at radius 1 is 1.40 bits per heavy atom. The maximum Gasteiger partial charge on any atom is 0.305 e. The highest BCUT2D eigenvalue weighted by atomic mass is 16.5. The summed E-state index contributed by atoms with van der Waals surface area (Å²) in [4.78, 5) is 11.4. The van der Waals surface area contributed by atoms with Crippen LogP contribution in [0.25, 0.3) is 0 Å². The number of carboxylic acids is 1. The second kappa shape index (κ2) is 5.44. The van der Waals surface area contributed by atoms with Gasteiger partial charge in [-0.3, -0.25) is 4.79 Å². The van der Waals surface area contributed by atoms with Crippen molar-refractivity contribution < 1.29 is 14.6 Å². The molecule has 0 spiro atoms. The first-order chi connectivity index (χ1) is 9.38. The van der Waals surface area contributed by atoms with Gasteiger partial charge in [0.25, 0.3) is 0 Å². The van der Waals surface area contributed by atoms with Crippen molar-refractivity contribution in [3.63, 3.8) is 0 Å². The Hall–Kier alpha value is -1.55. The van der Waals surface area contributed by atoms with Gasteiger partial charge < -0.3 is 15.2 Å². The SMILES string of the molecule is CCCNC1(CC(=O)O)CC(C)(C)Oc2ccccc21. The molecule has 20 heavy (non-hydrogen) atoms. The summed E-state index contributed by atoms with van der Waals surface area (Å²) >= 11 is 0. The van der Waals surface area contributed by atoms with Crippen LogP contribution in [-0.4, -0.2) is 23.2 Å². The molecule has 2 N–H and O–H groups in total. The Balaban J connectivity index is 2.49. The highest BCUT2D eigenvalue weighted by molar-refractivity contribution is 5.69. The van der Waals surface area contributed by atoms with Crippen molar-refractivity contribution in [1.29, 1.82) is 0 Å². The number of benzene rings is 1. The molecule has 4 heteroatoms. The van der Waals surface area contributed by atoms with E-state index in [-0.39, 0.29) is 12.0 Å². The maximum atomic E-state index is 11.4. The van der Waals surface area contributed by atoms with Crippen LogP contribution in [-0.2, 0) is 10.3 Å². The van der Waals surface area contributed by atoms with E-state index in [1.54, 1.807) is 0 Å². The van der Waals surface area contributed by atoms with Crippen LogP contribution in [0.5, 0.6) is 5.75 Å². The lowest BCUT2D eigenvalue weighted by molar-refractivity contribution is -0.139. The third kappa shape index (κ3) is 2.96.